The molecule has 2 atom stereocenters. The lowest BCUT2D eigenvalue weighted by Gasteiger charge is -2.26. The highest BCUT2D eigenvalue weighted by Crippen LogP contribution is 2.39. The highest BCUT2D eigenvalue weighted by Gasteiger charge is 2.50. The van der Waals surface area contributed by atoms with Gasteiger partial charge in [-0.3, -0.25) is 19.3 Å². The van der Waals surface area contributed by atoms with Crippen LogP contribution < -0.4 is 5.32 Å². The molecule has 0 bridgehead atoms. The molecule has 0 aliphatic carbocycles. The summed E-state index contributed by atoms with van der Waals surface area (Å²) in [6.45, 7) is 7.02. The summed E-state index contributed by atoms with van der Waals surface area (Å²) < 4.78 is 12.9. The smallest absolute Gasteiger partial charge is 0.240 e. The van der Waals surface area contributed by atoms with Crippen LogP contribution in [0.15, 0.2) is 24.3 Å². The van der Waals surface area contributed by atoms with Gasteiger partial charge in [0.1, 0.15) is 12.4 Å². The average Bonchev–Trinajstić information content (AvgIpc) is 2.72. The maximum atomic E-state index is 12.9. The van der Waals surface area contributed by atoms with Crippen molar-refractivity contribution in [2.75, 3.05) is 6.54 Å². The van der Waals surface area contributed by atoms with E-state index in [9.17, 15) is 18.8 Å². The molecule has 1 N–H and O–H groups in total. The molecule has 1 saturated heterocycles. The van der Waals surface area contributed by atoms with Crippen LogP contribution in [0.5, 0.6) is 0 Å². The number of nitrogens with zero attached hydrogens (tertiary/aromatic N) is 1. The summed E-state index contributed by atoms with van der Waals surface area (Å²) in [7, 11) is 0. The molecule has 1 aliphatic rings. The summed E-state index contributed by atoms with van der Waals surface area (Å²) in [6, 6.07) is 5.46. The van der Waals surface area contributed by atoms with Gasteiger partial charge in [0, 0.05) is 6.42 Å². The summed E-state index contributed by atoms with van der Waals surface area (Å²) in [4.78, 5) is 37.8. The van der Waals surface area contributed by atoms with Crippen LogP contribution in [0.2, 0.25) is 0 Å². The van der Waals surface area contributed by atoms with Crippen molar-refractivity contribution in [3.8, 4) is 0 Å². The Hall–Kier alpha value is -2.24. The van der Waals surface area contributed by atoms with Gasteiger partial charge in [-0.2, -0.15) is 0 Å². The van der Waals surface area contributed by atoms with Crippen LogP contribution in [0.25, 0.3) is 0 Å². The van der Waals surface area contributed by atoms with Crippen LogP contribution in [0, 0.1) is 17.2 Å². The van der Waals surface area contributed by atoms with E-state index in [1.54, 1.807) is 26.0 Å². The zero-order valence-electron chi connectivity index (χ0n) is 14.4. The van der Waals surface area contributed by atoms with Gasteiger partial charge in [-0.05, 0) is 37.5 Å². The number of hydrogen-bond acceptors (Lipinski definition) is 3. The minimum atomic E-state index is -0.750. The van der Waals surface area contributed by atoms with Gasteiger partial charge < -0.3 is 5.32 Å². The molecule has 5 nitrogen and oxygen atoms in total. The van der Waals surface area contributed by atoms with Gasteiger partial charge in [-0.1, -0.05) is 26.0 Å². The number of halogens is 1. The van der Waals surface area contributed by atoms with Crippen molar-refractivity contribution in [2.24, 2.45) is 11.3 Å². The summed E-state index contributed by atoms with van der Waals surface area (Å²) in [5, 5.41) is 2.73. The van der Waals surface area contributed by atoms with E-state index in [0.717, 1.165) is 10.5 Å². The predicted molar refractivity (Wildman–Crippen MR) is 87.2 cm³/mol. The van der Waals surface area contributed by atoms with Gasteiger partial charge in [0.15, 0.2) is 0 Å². The quantitative estimate of drug-likeness (QED) is 0.841. The number of benzene rings is 1. The van der Waals surface area contributed by atoms with Gasteiger partial charge in [0.2, 0.25) is 17.7 Å². The summed E-state index contributed by atoms with van der Waals surface area (Å²) >= 11 is 0. The fourth-order valence-electron chi connectivity index (χ4n) is 2.78. The number of carbonyl (C=O) groups is 3. The summed E-state index contributed by atoms with van der Waals surface area (Å²) in [5.41, 5.74) is -0.00391. The van der Waals surface area contributed by atoms with Crippen molar-refractivity contribution in [1.82, 2.24) is 10.2 Å². The fraction of sp³-hybridized carbons (Fsp3) is 0.500. The van der Waals surface area contributed by atoms with Crippen molar-refractivity contribution in [2.45, 2.75) is 40.2 Å². The number of likely N-dealkylation sites (tertiary alicyclic amines) is 1. The highest BCUT2D eigenvalue weighted by atomic mass is 19.1. The zero-order chi connectivity index (χ0) is 18.1. The van der Waals surface area contributed by atoms with Gasteiger partial charge in [-0.25, -0.2) is 4.39 Å². The van der Waals surface area contributed by atoms with Crippen molar-refractivity contribution in [1.29, 1.82) is 0 Å². The lowest BCUT2D eigenvalue weighted by Crippen LogP contribution is -2.43. The Morgan fingerprint density at radius 2 is 1.83 bits per heavy atom. The first kappa shape index (κ1) is 18.1. The molecular weight excluding hydrogens is 311 g/mol. The predicted octanol–water partition coefficient (Wildman–Crippen LogP) is 2.42. The molecule has 2 rings (SSSR count). The van der Waals surface area contributed by atoms with Crippen LogP contribution in [0.4, 0.5) is 4.39 Å². The van der Waals surface area contributed by atoms with E-state index in [0.29, 0.717) is 0 Å². The standard InChI is InChI=1S/C18H23FN2O3/c1-11(2)18(4)9-16(23)21(17(18)24)10-15(22)20-12(3)13-5-7-14(19)8-6-13/h5-8,11-12H,9-10H2,1-4H3,(H,20,22)/t12-,18-/m1/s1. The maximum Gasteiger partial charge on any atom is 0.240 e. The topological polar surface area (TPSA) is 66.5 Å². The molecule has 1 aromatic rings. The van der Waals surface area contributed by atoms with E-state index in [4.69, 9.17) is 0 Å². The van der Waals surface area contributed by atoms with Crippen molar-refractivity contribution >= 4 is 17.7 Å². The second-order valence-corrected chi connectivity index (χ2v) is 6.87. The molecule has 1 aliphatic heterocycles. The van der Waals surface area contributed by atoms with Crippen LogP contribution in [-0.2, 0) is 14.4 Å². The highest BCUT2D eigenvalue weighted by molar-refractivity contribution is 6.07. The largest absolute Gasteiger partial charge is 0.348 e. The first-order valence-electron chi connectivity index (χ1n) is 8.04. The van der Waals surface area contributed by atoms with Crippen LogP contribution in [0.3, 0.4) is 0 Å². The van der Waals surface area contributed by atoms with E-state index in [1.807, 2.05) is 13.8 Å². The molecule has 0 radical (unpaired) electrons. The molecule has 3 amide bonds. The first-order valence-corrected chi connectivity index (χ1v) is 8.04. The van der Waals surface area contributed by atoms with Crippen molar-refractivity contribution in [3.05, 3.63) is 35.6 Å². The Bertz CT molecular complexity index is 657. The Balaban J connectivity index is 2.01. The van der Waals surface area contributed by atoms with Crippen molar-refractivity contribution in [3.63, 3.8) is 0 Å². The van der Waals surface area contributed by atoms with Crippen LogP contribution in [0.1, 0.15) is 45.7 Å². The maximum absolute atomic E-state index is 12.9. The van der Waals surface area contributed by atoms with E-state index >= 15 is 0 Å². The number of imide groups is 1. The van der Waals surface area contributed by atoms with E-state index in [-0.39, 0.29) is 42.6 Å². The van der Waals surface area contributed by atoms with Crippen LogP contribution in [-0.4, -0.2) is 29.2 Å². The molecule has 0 saturated carbocycles. The molecule has 0 spiro atoms. The second kappa shape index (κ2) is 6.71. The van der Waals surface area contributed by atoms with Crippen molar-refractivity contribution < 1.29 is 18.8 Å². The number of amides is 3. The lowest BCUT2D eigenvalue weighted by molar-refractivity contribution is -0.145. The molecule has 24 heavy (non-hydrogen) atoms. The Morgan fingerprint density at radius 1 is 1.25 bits per heavy atom. The molecule has 6 heteroatoms. The molecule has 1 fully saturated rings. The zero-order valence-corrected chi connectivity index (χ0v) is 14.4. The van der Waals surface area contributed by atoms with Gasteiger partial charge >= 0.3 is 0 Å². The Labute approximate surface area is 141 Å². The summed E-state index contributed by atoms with van der Waals surface area (Å²) in [5.74, 6) is -1.37. The molecule has 1 aromatic carbocycles. The number of rotatable bonds is 5. The minimum absolute atomic E-state index is 0.0140. The SMILES string of the molecule is CC(C)[C@@]1(C)CC(=O)N(CC(=O)N[C@H](C)c2ccc(F)cc2)C1=O. The normalized spacial score (nSPS) is 22.2. The third-order valence-electron chi connectivity index (χ3n) is 4.88. The van der Waals surface area contributed by atoms with E-state index < -0.39 is 11.3 Å². The Morgan fingerprint density at radius 3 is 2.33 bits per heavy atom. The van der Waals surface area contributed by atoms with Crippen LogP contribution >= 0.6 is 0 Å². The monoisotopic (exact) mass is 334 g/mol. The van der Waals surface area contributed by atoms with Gasteiger partial charge in [0.25, 0.3) is 0 Å². The molecular formula is C18H23FN2O3. The van der Waals surface area contributed by atoms with Gasteiger partial charge in [-0.15, -0.1) is 0 Å². The lowest BCUT2D eigenvalue weighted by atomic mass is 9.78. The number of nitrogens with one attached hydrogen (secondary N) is 1. The molecule has 0 aromatic heterocycles. The van der Waals surface area contributed by atoms with E-state index in [2.05, 4.69) is 5.32 Å². The molecule has 1 heterocycles. The summed E-state index contributed by atoms with van der Waals surface area (Å²) in [6.07, 6.45) is 0.129. The van der Waals surface area contributed by atoms with E-state index in [1.165, 1.54) is 12.1 Å². The third-order valence-corrected chi connectivity index (χ3v) is 4.88. The number of carbonyl (C=O) groups excluding carboxylic acids is 3. The number of hydrogen-bond donors (Lipinski definition) is 1. The first-order chi connectivity index (χ1) is 11.1. The molecule has 0 unspecified atom stereocenters. The third kappa shape index (κ3) is 3.47. The Kier molecular flexibility index (Phi) is 5.06. The van der Waals surface area contributed by atoms with Gasteiger partial charge in [0.05, 0.1) is 11.5 Å². The second-order valence-electron chi connectivity index (χ2n) is 6.87. The molecule has 130 valence electrons. The minimum Gasteiger partial charge on any atom is -0.348 e. The fourth-order valence-corrected chi connectivity index (χ4v) is 2.78. The average molecular weight is 334 g/mol.